The number of benzene rings is 2. The van der Waals surface area contributed by atoms with Crippen molar-refractivity contribution in [3.05, 3.63) is 65.2 Å². The molecule has 0 saturated carbocycles. The van der Waals surface area contributed by atoms with E-state index in [9.17, 15) is 13.2 Å². The summed E-state index contributed by atoms with van der Waals surface area (Å²) in [5, 5.41) is 0.458. The van der Waals surface area contributed by atoms with Gasteiger partial charge in [-0.05, 0) is 55.5 Å². The van der Waals surface area contributed by atoms with Crippen molar-refractivity contribution < 1.29 is 13.2 Å². The van der Waals surface area contributed by atoms with Crippen LogP contribution in [0.1, 0.15) is 24.8 Å². The minimum Gasteiger partial charge on any atom is -0.341 e. The van der Waals surface area contributed by atoms with E-state index in [1.165, 1.54) is 24.3 Å². The van der Waals surface area contributed by atoms with E-state index >= 15 is 0 Å². The van der Waals surface area contributed by atoms with E-state index in [0.717, 1.165) is 24.8 Å². The van der Waals surface area contributed by atoms with Gasteiger partial charge < -0.3 is 4.90 Å². The Morgan fingerprint density at radius 1 is 1.00 bits per heavy atom. The summed E-state index contributed by atoms with van der Waals surface area (Å²) in [4.78, 5) is 14.9. The first-order valence-corrected chi connectivity index (χ1v) is 10.9. The first kappa shape index (κ1) is 19.9. The van der Waals surface area contributed by atoms with Gasteiger partial charge in [0.2, 0.25) is 15.9 Å². The molecule has 1 aliphatic rings. The van der Waals surface area contributed by atoms with Gasteiger partial charge in [0.25, 0.3) is 0 Å². The van der Waals surface area contributed by atoms with Crippen LogP contribution in [0.15, 0.2) is 59.5 Å². The van der Waals surface area contributed by atoms with Crippen molar-refractivity contribution in [2.75, 3.05) is 13.1 Å². The van der Waals surface area contributed by atoms with E-state index < -0.39 is 16.1 Å². The molecule has 5 nitrogen and oxygen atoms in total. The third kappa shape index (κ3) is 5.31. The normalized spacial score (nSPS) is 16.1. The van der Waals surface area contributed by atoms with Crippen LogP contribution in [-0.4, -0.2) is 38.4 Å². The molecule has 1 heterocycles. The molecule has 1 fully saturated rings. The van der Waals surface area contributed by atoms with Gasteiger partial charge in [-0.15, -0.1) is 0 Å². The van der Waals surface area contributed by atoms with Gasteiger partial charge in [0.15, 0.2) is 0 Å². The molecule has 1 N–H and O–H groups in total. The Bertz CT molecular complexity index is 864. The van der Waals surface area contributed by atoms with Crippen molar-refractivity contribution >= 4 is 27.5 Å². The Labute approximate surface area is 165 Å². The van der Waals surface area contributed by atoms with Crippen LogP contribution in [0.2, 0.25) is 5.02 Å². The summed E-state index contributed by atoms with van der Waals surface area (Å²) in [5.41, 5.74) is 0.909. The van der Waals surface area contributed by atoms with Crippen molar-refractivity contribution in [2.24, 2.45) is 0 Å². The number of carbonyl (C=O) groups is 1. The SMILES string of the molecule is O=C(C(Cc1ccccc1)NS(=O)(=O)c1ccc(Cl)cc1)N1CCCCC1. The fourth-order valence-corrected chi connectivity index (χ4v) is 4.55. The molecule has 0 radical (unpaired) electrons. The quantitative estimate of drug-likeness (QED) is 0.800. The monoisotopic (exact) mass is 406 g/mol. The molecular formula is C20H23ClN2O3S. The Hall–Kier alpha value is -1.89. The van der Waals surface area contributed by atoms with E-state index in [1.54, 1.807) is 4.90 Å². The summed E-state index contributed by atoms with van der Waals surface area (Å²) >= 11 is 5.85. The van der Waals surface area contributed by atoms with Gasteiger partial charge in [0, 0.05) is 18.1 Å². The third-order valence-electron chi connectivity index (χ3n) is 4.67. The molecule has 1 unspecified atom stereocenters. The molecule has 27 heavy (non-hydrogen) atoms. The summed E-state index contributed by atoms with van der Waals surface area (Å²) in [6, 6.07) is 14.5. The van der Waals surface area contributed by atoms with Crippen molar-refractivity contribution in [1.29, 1.82) is 0 Å². The van der Waals surface area contributed by atoms with Gasteiger partial charge in [-0.25, -0.2) is 8.42 Å². The molecule has 0 spiro atoms. The van der Waals surface area contributed by atoms with Crippen LogP contribution in [-0.2, 0) is 21.2 Å². The molecule has 7 heteroatoms. The molecular weight excluding hydrogens is 384 g/mol. The highest BCUT2D eigenvalue weighted by Crippen LogP contribution is 2.17. The van der Waals surface area contributed by atoms with Crippen LogP contribution in [0.5, 0.6) is 0 Å². The second-order valence-corrected chi connectivity index (χ2v) is 8.85. The fraction of sp³-hybridized carbons (Fsp3) is 0.350. The van der Waals surface area contributed by atoms with Crippen LogP contribution in [0.3, 0.4) is 0 Å². The molecule has 0 aliphatic carbocycles. The Kier molecular flexibility index (Phi) is 6.52. The van der Waals surface area contributed by atoms with Gasteiger partial charge in [-0.1, -0.05) is 41.9 Å². The van der Waals surface area contributed by atoms with Gasteiger partial charge in [-0.3, -0.25) is 4.79 Å². The Morgan fingerprint density at radius 3 is 2.26 bits per heavy atom. The third-order valence-corrected chi connectivity index (χ3v) is 6.41. The van der Waals surface area contributed by atoms with Gasteiger partial charge in [0.1, 0.15) is 6.04 Å². The fourth-order valence-electron chi connectivity index (χ4n) is 3.23. The second-order valence-electron chi connectivity index (χ2n) is 6.70. The number of piperidine rings is 1. The maximum absolute atomic E-state index is 13.0. The molecule has 1 saturated heterocycles. The van der Waals surface area contributed by atoms with Crippen molar-refractivity contribution in [1.82, 2.24) is 9.62 Å². The largest absolute Gasteiger partial charge is 0.341 e. The standard InChI is InChI=1S/C20H23ClN2O3S/c21-17-9-11-18(12-10-17)27(25,26)22-19(15-16-7-3-1-4-8-16)20(24)23-13-5-2-6-14-23/h1,3-4,7-12,19,22H,2,5-6,13-15H2. The smallest absolute Gasteiger partial charge is 0.241 e. The number of likely N-dealkylation sites (tertiary alicyclic amines) is 1. The number of hydrogen-bond donors (Lipinski definition) is 1. The molecule has 0 bridgehead atoms. The molecule has 1 amide bonds. The van der Waals surface area contributed by atoms with E-state index in [1.807, 2.05) is 30.3 Å². The van der Waals surface area contributed by atoms with E-state index in [-0.39, 0.29) is 10.8 Å². The lowest BCUT2D eigenvalue weighted by molar-refractivity contribution is -0.133. The molecule has 1 aliphatic heterocycles. The average molecular weight is 407 g/mol. The molecule has 2 aromatic carbocycles. The van der Waals surface area contributed by atoms with Crippen molar-refractivity contribution in [2.45, 2.75) is 36.6 Å². The van der Waals surface area contributed by atoms with E-state index in [2.05, 4.69) is 4.72 Å². The highest BCUT2D eigenvalue weighted by Gasteiger charge is 2.30. The molecule has 2 aromatic rings. The zero-order valence-corrected chi connectivity index (χ0v) is 16.5. The number of amides is 1. The minimum absolute atomic E-state index is 0.0939. The summed E-state index contributed by atoms with van der Waals surface area (Å²) in [5.74, 6) is -0.170. The average Bonchev–Trinajstić information content (AvgIpc) is 2.68. The predicted octanol–water partition coefficient (Wildman–Crippen LogP) is 3.24. The van der Waals surface area contributed by atoms with Crippen LogP contribution in [0, 0.1) is 0 Å². The summed E-state index contributed by atoms with van der Waals surface area (Å²) < 4.78 is 28.2. The second kappa shape index (κ2) is 8.87. The van der Waals surface area contributed by atoms with Gasteiger partial charge >= 0.3 is 0 Å². The first-order valence-electron chi connectivity index (χ1n) is 9.06. The lowest BCUT2D eigenvalue weighted by Gasteiger charge is -2.30. The number of sulfonamides is 1. The van der Waals surface area contributed by atoms with E-state index in [4.69, 9.17) is 11.6 Å². The number of rotatable bonds is 6. The van der Waals surface area contributed by atoms with Crippen LogP contribution in [0.25, 0.3) is 0 Å². The number of nitrogens with zero attached hydrogens (tertiary/aromatic N) is 1. The molecule has 1 atom stereocenters. The van der Waals surface area contributed by atoms with Crippen LogP contribution >= 0.6 is 11.6 Å². The first-order chi connectivity index (χ1) is 13.0. The Balaban J connectivity index is 1.84. The summed E-state index contributed by atoms with van der Waals surface area (Å²) in [6.07, 6.45) is 3.31. The molecule has 3 rings (SSSR count). The summed E-state index contributed by atoms with van der Waals surface area (Å²) in [7, 11) is -3.84. The van der Waals surface area contributed by atoms with Crippen molar-refractivity contribution in [3.8, 4) is 0 Å². The van der Waals surface area contributed by atoms with Gasteiger partial charge in [0.05, 0.1) is 4.90 Å². The van der Waals surface area contributed by atoms with E-state index in [0.29, 0.717) is 24.5 Å². The zero-order chi connectivity index (χ0) is 19.3. The number of carbonyl (C=O) groups excluding carboxylic acids is 1. The lowest BCUT2D eigenvalue weighted by atomic mass is 10.0. The van der Waals surface area contributed by atoms with Gasteiger partial charge in [-0.2, -0.15) is 4.72 Å². The zero-order valence-electron chi connectivity index (χ0n) is 15.0. The number of nitrogens with one attached hydrogen (secondary N) is 1. The Morgan fingerprint density at radius 2 is 1.63 bits per heavy atom. The van der Waals surface area contributed by atoms with Crippen LogP contribution in [0.4, 0.5) is 0 Å². The number of halogens is 1. The maximum Gasteiger partial charge on any atom is 0.241 e. The van der Waals surface area contributed by atoms with Crippen molar-refractivity contribution in [3.63, 3.8) is 0 Å². The molecule has 144 valence electrons. The highest BCUT2D eigenvalue weighted by atomic mass is 35.5. The maximum atomic E-state index is 13.0. The number of hydrogen-bond acceptors (Lipinski definition) is 3. The summed E-state index contributed by atoms with van der Waals surface area (Å²) in [6.45, 7) is 1.35. The minimum atomic E-state index is -3.84. The predicted molar refractivity (Wildman–Crippen MR) is 106 cm³/mol. The topological polar surface area (TPSA) is 66.5 Å². The van der Waals surface area contributed by atoms with Crippen LogP contribution < -0.4 is 4.72 Å². The highest BCUT2D eigenvalue weighted by molar-refractivity contribution is 7.89. The lowest BCUT2D eigenvalue weighted by Crippen LogP contribution is -2.50. The molecule has 0 aromatic heterocycles.